The molecule has 1 aliphatic heterocycles. The van der Waals surface area contributed by atoms with Gasteiger partial charge in [0.1, 0.15) is 0 Å². The number of nitrogens with zero attached hydrogens (tertiary/aromatic N) is 2. The van der Waals surface area contributed by atoms with Crippen molar-refractivity contribution in [3.05, 3.63) is 36.4 Å². The molecule has 0 spiro atoms. The van der Waals surface area contributed by atoms with Crippen molar-refractivity contribution in [1.29, 1.82) is 0 Å². The SMILES string of the molecule is CCOc1cc(-c2nnc(-c3ccc4c(c3)OCO4)o2)ccc1OC(F)F. The molecule has 0 N–H and O–H groups in total. The maximum Gasteiger partial charge on any atom is 0.387 e. The molecule has 140 valence electrons. The Morgan fingerprint density at radius 2 is 1.67 bits per heavy atom. The molecule has 1 aliphatic rings. The van der Waals surface area contributed by atoms with Gasteiger partial charge in [-0.05, 0) is 43.3 Å². The summed E-state index contributed by atoms with van der Waals surface area (Å²) in [5, 5.41) is 8.04. The molecule has 0 amide bonds. The lowest BCUT2D eigenvalue weighted by Crippen LogP contribution is -2.04. The van der Waals surface area contributed by atoms with Crippen molar-refractivity contribution < 1.29 is 32.1 Å². The summed E-state index contributed by atoms with van der Waals surface area (Å²) in [6, 6.07) is 9.69. The van der Waals surface area contributed by atoms with Crippen molar-refractivity contribution in [2.24, 2.45) is 0 Å². The normalized spacial score (nSPS) is 12.4. The van der Waals surface area contributed by atoms with Crippen LogP contribution in [0.3, 0.4) is 0 Å². The average molecular weight is 376 g/mol. The van der Waals surface area contributed by atoms with Gasteiger partial charge in [-0.25, -0.2) is 0 Å². The number of halogens is 2. The minimum atomic E-state index is -2.95. The number of benzene rings is 2. The number of alkyl halides is 2. The van der Waals surface area contributed by atoms with Gasteiger partial charge in [-0.1, -0.05) is 0 Å². The molecule has 3 aromatic rings. The zero-order valence-corrected chi connectivity index (χ0v) is 14.1. The van der Waals surface area contributed by atoms with Crippen molar-refractivity contribution in [2.75, 3.05) is 13.4 Å². The van der Waals surface area contributed by atoms with E-state index in [-0.39, 0.29) is 36.7 Å². The lowest BCUT2D eigenvalue weighted by atomic mass is 10.2. The predicted octanol–water partition coefficient (Wildman–Crippen LogP) is 4.13. The van der Waals surface area contributed by atoms with Crippen LogP contribution in [-0.4, -0.2) is 30.2 Å². The lowest BCUT2D eigenvalue weighted by molar-refractivity contribution is -0.0514. The Labute approximate surface area is 152 Å². The van der Waals surface area contributed by atoms with E-state index in [1.165, 1.54) is 18.2 Å². The van der Waals surface area contributed by atoms with Crippen LogP contribution in [0.15, 0.2) is 40.8 Å². The van der Waals surface area contributed by atoms with E-state index in [1.807, 2.05) is 0 Å². The molecule has 0 saturated heterocycles. The molecule has 2 aromatic carbocycles. The third-order valence-electron chi connectivity index (χ3n) is 3.75. The highest BCUT2D eigenvalue weighted by Gasteiger charge is 2.18. The Balaban J connectivity index is 1.63. The second kappa shape index (κ2) is 7.10. The van der Waals surface area contributed by atoms with Crippen LogP contribution in [0.5, 0.6) is 23.0 Å². The first kappa shape index (κ1) is 17.1. The van der Waals surface area contributed by atoms with E-state index in [0.29, 0.717) is 22.6 Å². The van der Waals surface area contributed by atoms with Crippen molar-refractivity contribution in [2.45, 2.75) is 13.5 Å². The maximum atomic E-state index is 12.5. The molecule has 0 saturated carbocycles. The lowest BCUT2D eigenvalue weighted by Gasteiger charge is -2.11. The first-order valence-electron chi connectivity index (χ1n) is 8.09. The molecule has 27 heavy (non-hydrogen) atoms. The molecule has 0 bridgehead atoms. The molecular formula is C18H14F2N2O5. The Morgan fingerprint density at radius 3 is 2.41 bits per heavy atom. The van der Waals surface area contributed by atoms with Crippen molar-refractivity contribution in [3.63, 3.8) is 0 Å². The molecule has 0 atom stereocenters. The van der Waals surface area contributed by atoms with E-state index in [9.17, 15) is 8.78 Å². The first-order chi connectivity index (χ1) is 13.1. The van der Waals surface area contributed by atoms with E-state index in [1.54, 1.807) is 25.1 Å². The molecule has 2 heterocycles. The van der Waals surface area contributed by atoms with Gasteiger partial charge < -0.3 is 23.4 Å². The summed E-state index contributed by atoms with van der Waals surface area (Å²) in [4.78, 5) is 0. The number of aromatic nitrogens is 2. The molecule has 0 aliphatic carbocycles. The predicted molar refractivity (Wildman–Crippen MR) is 89.1 cm³/mol. The van der Waals surface area contributed by atoms with Crippen LogP contribution in [0, 0.1) is 0 Å². The minimum Gasteiger partial charge on any atom is -0.490 e. The quantitative estimate of drug-likeness (QED) is 0.640. The van der Waals surface area contributed by atoms with Crippen LogP contribution in [0.25, 0.3) is 22.9 Å². The number of ether oxygens (including phenoxy) is 4. The Bertz CT molecular complexity index is 961. The summed E-state index contributed by atoms with van der Waals surface area (Å²) in [5.41, 5.74) is 1.18. The molecule has 0 unspecified atom stereocenters. The van der Waals surface area contributed by atoms with Gasteiger partial charge >= 0.3 is 6.61 Å². The summed E-state index contributed by atoms with van der Waals surface area (Å²) in [6.45, 7) is -0.754. The fourth-order valence-corrected chi connectivity index (χ4v) is 2.59. The molecule has 4 rings (SSSR count). The van der Waals surface area contributed by atoms with Gasteiger partial charge in [0.25, 0.3) is 0 Å². The number of rotatable bonds is 6. The Morgan fingerprint density at radius 1 is 0.963 bits per heavy atom. The van der Waals surface area contributed by atoms with Crippen molar-refractivity contribution in [1.82, 2.24) is 10.2 Å². The fourth-order valence-electron chi connectivity index (χ4n) is 2.59. The maximum absolute atomic E-state index is 12.5. The molecule has 0 radical (unpaired) electrons. The third-order valence-corrected chi connectivity index (χ3v) is 3.75. The average Bonchev–Trinajstić information content (AvgIpc) is 3.31. The number of hydrogen-bond acceptors (Lipinski definition) is 7. The second-order valence-corrected chi connectivity index (χ2v) is 5.45. The highest BCUT2D eigenvalue weighted by atomic mass is 19.3. The van der Waals surface area contributed by atoms with E-state index in [2.05, 4.69) is 14.9 Å². The van der Waals surface area contributed by atoms with E-state index < -0.39 is 6.61 Å². The summed E-state index contributed by atoms with van der Waals surface area (Å²) in [7, 11) is 0. The molecule has 1 aromatic heterocycles. The zero-order chi connectivity index (χ0) is 18.8. The Kier molecular flexibility index (Phi) is 4.49. The standard InChI is InChI=1S/C18H14F2N2O5/c1-2-23-15-8-11(4-6-13(15)26-18(19)20)17-22-21-16(27-17)10-3-5-12-14(7-10)25-9-24-12/h3-8,18H,2,9H2,1H3. The van der Waals surface area contributed by atoms with Crippen LogP contribution >= 0.6 is 0 Å². The molecule has 0 fully saturated rings. The largest absolute Gasteiger partial charge is 0.490 e. The number of fused-ring (bicyclic) bond motifs is 1. The second-order valence-electron chi connectivity index (χ2n) is 5.45. The van der Waals surface area contributed by atoms with Gasteiger partial charge in [0.05, 0.1) is 6.61 Å². The van der Waals surface area contributed by atoms with Crippen LogP contribution < -0.4 is 18.9 Å². The highest BCUT2D eigenvalue weighted by molar-refractivity contribution is 5.64. The van der Waals surface area contributed by atoms with E-state index in [4.69, 9.17) is 18.6 Å². The summed E-state index contributed by atoms with van der Waals surface area (Å²) in [5.74, 6) is 1.85. The molecule has 7 nitrogen and oxygen atoms in total. The monoisotopic (exact) mass is 376 g/mol. The fraction of sp³-hybridized carbons (Fsp3) is 0.222. The van der Waals surface area contributed by atoms with Gasteiger partial charge in [0.2, 0.25) is 18.6 Å². The van der Waals surface area contributed by atoms with Crippen LogP contribution in [-0.2, 0) is 0 Å². The van der Waals surface area contributed by atoms with Gasteiger partial charge in [-0.3, -0.25) is 0 Å². The van der Waals surface area contributed by atoms with Crippen molar-refractivity contribution >= 4 is 0 Å². The van der Waals surface area contributed by atoms with Crippen LogP contribution in [0.2, 0.25) is 0 Å². The number of hydrogen-bond donors (Lipinski definition) is 0. The highest BCUT2D eigenvalue weighted by Crippen LogP contribution is 2.37. The topological polar surface area (TPSA) is 75.8 Å². The zero-order valence-electron chi connectivity index (χ0n) is 14.1. The van der Waals surface area contributed by atoms with Crippen LogP contribution in [0.1, 0.15) is 6.92 Å². The van der Waals surface area contributed by atoms with E-state index >= 15 is 0 Å². The van der Waals surface area contributed by atoms with E-state index in [0.717, 1.165) is 0 Å². The third kappa shape index (κ3) is 3.48. The smallest absolute Gasteiger partial charge is 0.387 e. The summed E-state index contributed by atoms with van der Waals surface area (Å²) < 4.78 is 51.2. The first-order valence-corrected chi connectivity index (χ1v) is 8.09. The Hall–Kier alpha value is -3.36. The van der Waals surface area contributed by atoms with Crippen LogP contribution in [0.4, 0.5) is 8.78 Å². The molecule has 9 heteroatoms. The van der Waals surface area contributed by atoms with Gasteiger partial charge in [-0.15, -0.1) is 10.2 Å². The summed E-state index contributed by atoms with van der Waals surface area (Å²) >= 11 is 0. The van der Waals surface area contributed by atoms with Gasteiger partial charge in [-0.2, -0.15) is 8.78 Å². The summed E-state index contributed by atoms with van der Waals surface area (Å²) in [6.07, 6.45) is 0. The van der Waals surface area contributed by atoms with Gasteiger partial charge in [0, 0.05) is 11.1 Å². The molecular weight excluding hydrogens is 362 g/mol. The van der Waals surface area contributed by atoms with Crippen molar-refractivity contribution in [3.8, 4) is 45.9 Å². The minimum absolute atomic E-state index is 0.0638. The van der Waals surface area contributed by atoms with Gasteiger partial charge in [0.15, 0.2) is 23.0 Å².